The number of carbonyl (C=O) groups is 1. The van der Waals surface area contributed by atoms with Gasteiger partial charge in [-0.05, 0) is 49.9 Å². The highest BCUT2D eigenvalue weighted by molar-refractivity contribution is 5.76. The molecule has 1 saturated carbocycles. The zero-order valence-corrected chi connectivity index (χ0v) is 16.2. The molecule has 0 spiro atoms. The molecule has 0 radical (unpaired) electrons. The lowest BCUT2D eigenvalue weighted by molar-refractivity contribution is -0.133. The molecule has 1 saturated heterocycles. The Morgan fingerprint density at radius 1 is 1.00 bits per heavy atom. The van der Waals surface area contributed by atoms with Crippen LogP contribution in [0.3, 0.4) is 0 Å². The molecule has 1 amide bonds. The molecule has 148 valence electrons. The lowest BCUT2D eigenvalue weighted by atomic mass is 9.93. The van der Waals surface area contributed by atoms with Crippen molar-refractivity contribution in [3.8, 4) is 0 Å². The normalized spacial score (nSPS) is 17.6. The van der Waals surface area contributed by atoms with Crippen LogP contribution in [0.25, 0.3) is 11.0 Å². The van der Waals surface area contributed by atoms with E-state index in [0.717, 1.165) is 48.1 Å². The Balaban J connectivity index is 1.21. The molecular formula is C22H23N5O2. The Kier molecular flexibility index (Phi) is 4.58. The van der Waals surface area contributed by atoms with Crippen molar-refractivity contribution < 1.29 is 4.79 Å². The average Bonchev–Trinajstić information content (AvgIpc) is 3.60. The summed E-state index contributed by atoms with van der Waals surface area (Å²) in [6.07, 6.45) is 7.22. The number of hydrogen-bond donors (Lipinski definition) is 0. The van der Waals surface area contributed by atoms with Gasteiger partial charge in [-0.1, -0.05) is 0 Å². The van der Waals surface area contributed by atoms with E-state index in [2.05, 4.69) is 22.1 Å². The molecule has 1 aliphatic heterocycles. The second kappa shape index (κ2) is 7.39. The van der Waals surface area contributed by atoms with Gasteiger partial charge in [0.05, 0.1) is 12.0 Å². The summed E-state index contributed by atoms with van der Waals surface area (Å²) < 4.78 is 1.41. The largest absolute Gasteiger partial charge is 0.341 e. The number of aromatic nitrogens is 4. The first-order chi connectivity index (χ1) is 14.2. The maximum atomic E-state index is 12.7. The molecule has 3 aromatic heterocycles. The summed E-state index contributed by atoms with van der Waals surface area (Å²) in [7, 11) is 0. The number of likely N-dealkylation sites (tertiary alicyclic amines) is 1. The van der Waals surface area contributed by atoms with E-state index in [0.29, 0.717) is 24.9 Å². The number of hydrogen-bond acceptors (Lipinski definition) is 5. The maximum absolute atomic E-state index is 12.7. The minimum Gasteiger partial charge on any atom is -0.341 e. The minimum absolute atomic E-state index is 0.0281. The van der Waals surface area contributed by atoms with E-state index in [1.54, 1.807) is 12.3 Å². The Bertz CT molecular complexity index is 1110. The lowest BCUT2D eigenvalue weighted by Gasteiger charge is -2.32. The van der Waals surface area contributed by atoms with Gasteiger partial charge in [0.2, 0.25) is 5.91 Å². The third-order valence-electron chi connectivity index (χ3n) is 5.95. The molecule has 7 nitrogen and oxygen atoms in total. The molecule has 7 heteroatoms. The molecule has 0 aromatic carbocycles. The van der Waals surface area contributed by atoms with E-state index in [1.165, 1.54) is 10.9 Å². The van der Waals surface area contributed by atoms with Gasteiger partial charge in [0.25, 0.3) is 5.56 Å². The molecule has 29 heavy (non-hydrogen) atoms. The first-order valence-electron chi connectivity index (χ1n) is 10.2. The fraction of sp³-hybridized carbons (Fsp3) is 0.409. The molecule has 5 rings (SSSR count). The van der Waals surface area contributed by atoms with Crippen LogP contribution in [0, 0.1) is 0 Å². The van der Waals surface area contributed by atoms with Gasteiger partial charge in [-0.25, -0.2) is 15.0 Å². The monoisotopic (exact) mass is 389 g/mol. The lowest BCUT2D eigenvalue weighted by Crippen LogP contribution is -2.41. The van der Waals surface area contributed by atoms with E-state index >= 15 is 0 Å². The van der Waals surface area contributed by atoms with E-state index in [1.807, 2.05) is 17.0 Å². The van der Waals surface area contributed by atoms with Gasteiger partial charge in [0.15, 0.2) is 5.65 Å². The summed E-state index contributed by atoms with van der Waals surface area (Å²) in [6, 6.07) is 9.63. The quantitative estimate of drug-likeness (QED) is 0.685. The zero-order valence-electron chi connectivity index (χ0n) is 16.2. The summed E-state index contributed by atoms with van der Waals surface area (Å²) in [5.41, 5.74) is 2.53. The van der Waals surface area contributed by atoms with E-state index in [9.17, 15) is 9.59 Å². The number of pyridine rings is 2. The van der Waals surface area contributed by atoms with Crippen LogP contribution < -0.4 is 5.56 Å². The fourth-order valence-electron chi connectivity index (χ4n) is 4.03. The average molecular weight is 389 g/mol. The Morgan fingerprint density at radius 2 is 1.79 bits per heavy atom. The maximum Gasteiger partial charge on any atom is 0.254 e. The van der Waals surface area contributed by atoms with Crippen LogP contribution in [0.4, 0.5) is 0 Å². The van der Waals surface area contributed by atoms with Crippen LogP contribution in [-0.2, 0) is 11.3 Å². The Hall–Kier alpha value is -3.09. The second-order valence-electron chi connectivity index (χ2n) is 8.00. The fourth-order valence-corrected chi connectivity index (χ4v) is 4.03. The molecule has 4 heterocycles. The summed E-state index contributed by atoms with van der Waals surface area (Å²) in [4.78, 5) is 40.2. The van der Waals surface area contributed by atoms with Gasteiger partial charge in [-0.3, -0.25) is 14.2 Å². The van der Waals surface area contributed by atoms with E-state index < -0.39 is 0 Å². The Labute approximate surface area is 168 Å². The SMILES string of the molecule is O=C(Cn1cnc(C2CC2)cc1=O)N1CCC(c2ccc3cccnc3n2)CC1. The van der Waals surface area contributed by atoms with Gasteiger partial charge >= 0.3 is 0 Å². The van der Waals surface area contributed by atoms with E-state index in [-0.39, 0.29) is 18.0 Å². The number of carbonyl (C=O) groups excluding carboxylic acids is 1. The van der Waals surface area contributed by atoms with Crippen LogP contribution >= 0.6 is 0 Å². The Morgan fingerprint density at radius 3 is 2.55 bits per heavy atom. The summed E-state index contributed by atoms with van der Waals surface area (Å²) in [6.45, 7) is 1.40. The first-order valence-corrected chi connectivity index (χ1v) is 10.2. The third-order valence-corrected chi connectivity index (χ3v) is 5.95. The van der Waals surface area contributed by atoms with Crippen LogP contribution in [0.5, 0.6) is 0 Å². The van der Waals surface area contributed by atoms with Crippen molar-refractivity contribution in [2.24, 2.45) is 0 Å². The molecule has 2 aliphatic rings. The summed E-state index contributed by atoms with van der Waals surface area (Å²) in [5.74, 6) is 0.735. The van der Waals surface area contributed by atoms with Crippen LogP contribution in [0.2, 0.25) is 0 Å². The molecule has 2 fully saturated rings. The van der Waals surface area contributed by atoms with Gasteiger partial charge in [-0.2, -0.15) is 0 Å². The number of piperidine rings is 1. The van der Waals surface area contributed by atoms with Crippen molar-refractivity contribution in [3.05, 3.63) is 64.6 Å². The number of amides is 1. The standard InChI is InChI=1S/C22H23N5O2/c28-20-12-19(15-3-4-15)24-14-27(20)13-21(29)26-10-7-16(8-11-26)18-6-5-17-2-1-9-23-22(17)25-18/h1-2,5-6,9,12,14-16H,3-4,7-8,10-11,13H2. The van der Waals surface area contributed by atoms with Crippen molar-refractivity contribution in [1.29, 1.82) is 0 Å². The molecule has 0 bridgehead atoms. The highest BCUT2D eigenvalue weighted by Crippen LogP contribution is 2.38. The molecule has 0 atom stereocenters. The molecule has 1 aliphatic carbocycles. The van der Waals surface area contributed by atoms with Gasteiger partial charge < -0.3 is 4.90 Å². The number of fused-ring (bicyclic) bond motifs is 1. The summed E-state index contributed by atoms with van der Waals surface area (Å²) >= 11 is 0. The van der Waals surface area contributed by atoms with Crippen LogP contribution in [-0.4, -0.2) is 43.4 Å². The van der Waals surface area contributed by atoms with Crippen molar-refractivity contribution in [2.45, 2.75) is 44.1 Å². The van der Waals surface area contributed by atoms with Gasteiger partial charge in [-0.15, -0.1) is 0 Å². The van der Waals surface area contributed by atoms with Crippen molar-refractivity contribution >= 4 is 16.9 Å². The topological polar surface area (TPSA) is 81.0 Å². The minimum atomic E-state index is -0.141. The van der Waals surface area contributed by atoms with Crippen LogP contribution in [0.1, 0.15) is 48.9 Å². The number of rotatable bonds is 4. The zero-order chi connectivity index (χ0) is 19.8. The highest BCUT2D eigenvalue weighted by atomic mass is 16.2. The molecule has 0 unspecified atom stereocenters. The predicted molar refractivity (Wildman–Crippen MR) is 109 cm³/mol. The summed E-state index contributed by atoms with van der Waals surface area (Å²) in [5, 5.41) is 1.04. The first kappa shape index (κ1) is 18.0. The third kappa shape index (κ3) is 3.77. The van der Waals surface area contributed by atoms with E-state index in [4.69, 9.17) is 4.98 Å². The molecule has 3 aromatic rings. The van der Waals surface area contributed by atoms with Crippen molar-refractivity contribution in [3.63, 3.8) is 0 Å². The van der Waals surface area contributed by atoms with Crippen molar-refractivity contribution in [2.75, 3.05) is 13.1 Å². The predicted octanol–water partition coefficient (Wildman–Crippen LogP) is 2.47. The second-order valence-corrected chi connectivity index (χ2v) is 8.00. The van der Waals surface area contributed by atoms with Gasteiger partial charge in [0.1, 0.15) is 6.54 Å². The highest BCUT2D eigenvalue weighted by Gasteiger charge is 2.27. The molecule has 0 N–H and O–H groups in total. The smallest absolute Gasteiger partial charge is 0.254 e. The molecular weight excluding hydrogens is 366 g/mol. The number of nitrogens with zero attached hydrogens (tertiary/aromatic N) is 5. The van der Waals surface area contributed by atoms with Gasteiger partial charge in [0, 0.05) is 48.3 Å². The van der Waals surface area contributed by atoms with Crippen LogP contribution in [0.15, 0.2) is 47.7 Å². The van der Waals surface area contributed by atoms with Crippen molar-refractivity contribution in [1.82, 2.24) is 24.4 Å².